The Labute approximate surface area is 124 Å². The van der Waals surface area contributed by atoms with Crippen LogP contribution in [-0.4, -0.2) is 45.4 Å². The Hall–Kier alpha value is -1.51. The van der Waals surface area contributed by atoms with Crippen molar-refractivity contribution in [3.05, 3.63) is 17.5 Å². The average molecular weight is 310 g/mol. The van der Waals surface area contributed by atoms with Gasteiger partial charge in [0.2, 0.25) is 5.13 Å². The van der Waals surface area contributed by atoms with E-state index in [1.807, 2.05) is 17.5 Å². The molecule has 0 atom stereocenters. The highest BCUT2D eigenvalue weighted by Gasteiger charge is 2.22. The summed E-state index contributed by atoms with van der Waals surface area (Å²) in [7, 11) is 0. The molecule has 6 nitrogen and oxygen atoms in total. The van der Waals surface area contributed by atoms with Crippen LogP contribution in [0.5, 0.6) is 0 Å². The molecule has 106 valence electrons. The number of carbonyl (C=O) groups excluding carboxylic acids is 1. The number of amides is 2. The first kappa shape index (κ1) is 13.5. The van der Waals surface area contributed by atoms with Crippen LogP contribution >= 0.6 is 22.7 Å². The van der Waals surface area contributed by atoms with Crippen LogP contribution < -0.4 is 5.32 Å². The summed E-state index contributed by atoms with van der Waals surface area (Å²) < 4.78 is 0. The molecule has 0 radical (unpaired) electrons. The summed E-state index contributed by atoms with van der Waals surface area (Å²) in [5.74, 6) is 0. The number of hydrogen-bond donors (Lipinski definition) is 2. The first-order chi connectivity index (χ1) is 9.72. The van der Waals surface area contributed by atoms with E-state index in [1.165, 1.54) is 11.3 Å². The third-order valence-corrected chi connectivity index (χ3v) is 5.00. The van der Waals surface area contributed by atoms with Crippen molar-refractivity contribution in [1.82, 2.24) is 15.1 Å². The molecule has 2 aromatic heterocycles. The quantitative estimate of drug-likeness (QED) is 0.892. The van der Waals surface area contributed by atoms with Crippen molar-refractivity contribution in [2.45, 2.75) is 18.9 Å². The summed E-state index contributed by atoms with van der Waals surface area (Å²) in [5.41, 5.74) is 0. The maximum Gasteiger partial charge on any atom is 0.323 e. The van der Waals surface area contributed by atoms with Gasteiger partial charge in [-0.2, -0.15) is 0 Å². The molecule has 8 heteroatoms. The van der Waals surface area contributed by atoms with E-state index >= 15 is 0 Å². The lowest BCUT2D eigenvalue weighted by molar-refractivity contribution is 0.0972. The lowest BCUT2D eigenvalue weighted by Crippen LogP contribution is -2.42. The van der Waals surface area contributed by atoms with Crippen molar-refractivity contribution in [3.8, 4) is 9.88 Å². The zero-order valence-corrected chi connectivity index (χ0v) is 12.3. The molecule has 0 saturated carbocycles. The Bertz CT molecular complexity index is 576. The Kier molecular flexibility index (Phi) is 3.95. The highest BCUT2D eigenvalue weighted by molar-refractivity contribution is 7.23. The van der Waals surface area contributed by atoms with Crippen LogP contribution in [0.15, 0.2) is 17.5 Å². The zero-order chi connectivity index (χ0) is 13.9. The Morgan fingerprint density at radius 3 is 2.90 bits per heavy atom. The smallest absolute Gasteiger partial charge is 0.323 e. The summed E-state index contributed by atoms with van der Waals surface area (Å²) in [4.78, 5) is 14.8. The van der Waals surface area contributed by atoms with E-state index < -0.39 is 0 Å². The average Bonchev–Trinajstić information content (AvgIpc) is 3.09. The fraction of sp³-hybridized carbons (Fsp3) is 0.417. The number of piperidine rings is 1. The van der Waals surface area contributed by atoms with Crippen molar-refractivity contribution >= 4 is 33.8 Å². The van der Waals surface area contributed by atoms with Gasteiger partial charge in [0.1, 0.15) is 0 Å². The number of aromatic nitrogens is 2. The molecule has 0 aromatic carbocycles. The molecule has 1 aliphatic heterocycles. The largest absolute Gasteiger partial charge is 0.393 e. The second kappa shape index (κ2) is 5.86. The van der Waals surface area contributed by atoms with Gasteiger partial charge in [-0.15, -0.1) is 21.5 Å². The number of aliphatic hydroxyl groups is 1. The van der Waals surface area contributed by atoms with Gasteiger partial charge in [-0.1, -0.05) is 17.4 Å². The fourth-order valence-corrected chi connectivity index (χ4v) is 3.54. The number of aliphatic hydroxyl groups excluding tert-OH is 1. The van der Waals surface area contributed by atoms with Gasteiger partial charge in [-0.3, -0.25) is 5.32 Å². The summed E-state index contributed by atoms with van der Waals surface area (Å²) in [6.45, 7) is 1.15. The summed E-state index contributed by atoms with van der Waals surface area (Å²) in [6.07, 6.45) is 0.972. The van der Waals surface area contributed by atoms with Crippen molar-refractivity contribution in [1.29, 1.82) is 0 Å². The standard InChI is InChI=1S/C12H14N4O2S2/c17-8-3-5-16(6-4-8)12(18)13-11-15-14-10(20-11)9-2-1-7-19-9/h1-2,7-8,17H,3-6H2,(H,13,15,18). The first-order valence-electron chi connectivity index (χ1n) is 6.34. The summed E-state index contributed by atoms with van der Waals surface area (Å²) in [5, 5.41) is 23.6. The second-order valence-electron chi connectivity index (χ2n) is 4.54. The summed E-state index contributed by atoms with van der Waals surface area (Å²) >= 11 is 2.96. The van der Waals surface area contributed by atoms with Crippen molar-refractivity contribution in [2.75, 3.05) is 18.4 Å². The van der Waals surface area contributed by atoms with E-state index in [4.69, 9.17) is 0 Å². The van der Waals surface area contributed by atoms with E-state index in [9.17, 15) is 9.90 Å². The topological polar surface area (TPSA) is 78.4 Å². The molecule has 2 amide bonds. The zero-order valence-electron chi connectivity index (χ0n) is 10.7. The van der Waals surface area contributed by atoms with Crippen LogP contribution in [0.1, 0.15) is 12.8 Å². The molecule has 1 saturated heterocycles. The molecule has 0 spiro atoms. The van der Waals surface area contributed by atoms with Crippen LogP contribution in [0, 0.1) is 0 Å². The predicted molar refractivity (Wildman–Crippen MR) is 79.1 cm³/mol. The fourth-order valence-electron chi connectivity index (χ4n) is 2.01. The molecule has 2 N–H and O–H groups in total. The number of hydrogen-bond acceptors (Lipinski definition) is 6. The lowest BCUT2D eigenvalue weighted by Gasteiger charge is -2.29. The van der Waals surface area contributed by atoms with E-state index in [0.29, 0.717) is 31.1 Å². The third kappa shape index (κ3) is 2.97. The molecule has 3 heterocycles. The van der Waals surface area contributed by atoms with E-state index in [2.05, 4.69) is 15.5 Å². The van der Waals surface area contributed by atoms with Crippen LogP contribution in [-0.2, 0) is 0 Å². The van der Waals surface area contributed by atoms with E-state index in [1.54, 1.807) is 16.2 Å². The minimum atomic E-state index is -0.286. The van der Waals surface area contributed by atoms with Gasteiger partial charge in [0.05, 0.1) is 11.0 Å². The van der Waals surface area contributed by atoms with Crippen molar-refractivity contribution < 1.29 is 9.90 Å². The van der Waals surface area contributed by atoms with Gasteiger partial charge in [0.15, 0.2) is 5.01 Å². The van der Waals surface area contributed by atoms with Crippen LogP contribution in [0.2, 0.25) is 0 Å². The van der Waals surface area contributed by atoms with Gasteiger partial charge in [-0.05, 0) is 24.3 Å². The molecular formula is C12H14N4O2S2. The minimum absolute atomic E-state index is 0.175. The van der Waals surface area contributed by atoms with Gasteiger partial charge in [0.25, 0.3) is 0 Å². The Balaban J connectivity index is 1.62. The SMILES string of the molecule is O=C(Nc1nnc(-c2cccs2)s1)N1CCC(O)CC1. The monoisotopic (exact) mass is 310 g/mol. The molecule has 0 aliphatic carbocycles. The molecule has 3 rings (SSSR count). The Morgan fingerprint density at radius 2 is 2.20 bits per heavy atom. The highest BCUT2D eigenvalue weighted by Crippen LogP contribution is 2.29. The van der Waals surface area contributed by atoms with E-state index in [-0.39, 0.29) is 12.1 Å². The van der Waals surface area contributed by atoms with Gasteiger partial charge in [0, 0.05) is 13.1 Å². The van der Waals surface area contributed by atoms with Crippen molar-refractivity contribution in [3.63, 3.8) is 0 Å². The molecular weight excluding hydrogens is 296 g/mol. The molecule has 20 heavy (non-hydrogen) atoms. The number of nitrogens with one attached hydrogen (secondary N) is 1. The first-order valence-corrected chi connectivity index (χ1v) is 8.03. The molecule has 1 fully saturated rings. The number of carbonyl (C=O) groups is 1. The molecule has 1 aliphatic rings. The van der Waals surface area contributed by atoms with Gasteiger partial charge >= 0.3 is 6.03 Å². The lowest BCUT2D eigenvalue weighted by atomic mass is 10.1. The number of urea groups is 1. The summed E-state index contributed by atoms with van der Waals surface area (Å²) in [6, 6.07) is 3.76. The number of likely N-dealkylation sites (tertiary alicyclic amines) is 1. The maximum absolute atomic E-state index is 12.0. The van der Waals surface area contributed by atoms with Gasteiger partial charge < -0.3 is 10.0 Å². The van der Waals surface area contributed by atoms with Gasteiger partial charge in [-0.25, -0.2) is 4.79 Å². The maximum atomic E-state index is 12.0. The van der Waals surface area contributed by atoms with Crippen LogP contribution in [0.4, 0.5) is 9.93 Å². The third-order valence-electron chi connectivity index (χ3n) is 3.12. The minimum Gasteiger partial charge on any atom is -0.393 e. The number of nitrogens with zero attached hydrogens (tertiary/aromatic N) is 3. The molecule has 0 bridgehead atoms. The van der Waals surface area contributed by atoms with Crippen LogP contribution in [0.25, 0.3) is 9.88 Å². The number of thiophene rings is 1. The van der Waals surface area contributed by atoms with Crippen LogP contribution in [0.3, 0.4) is 0 Å². The second-order valence-corrected chi connectivity index (χ2v) is 6.46. The normalized spacial score (nSPS) is 16.4. The number of rotatable bonds is 2. The Morgan fingerprint density at radius 1 is 1.40 bits per heavy atom. The number of anilines is 1. The van der Waals surface area contributed by atoms with E-state index in [0.717, 1.165) is 9.88 Å². The molecule has 2 aromatic rings. The van der Waals surface area contributed by atoms with Crippen molar-refractivity contribution in [2.24, 2.45) is 0 Å². The predicted octanol–water partition coefficient (Wildman–Crippen LogP) is 2.26. The molecule has 0 unspecified atom stereocenters. The highest BCUT2D eigenvalue weighted by atomic mass is 32.1.